The Labute approximate surface area is 111 Å². The van der Waals surface area contributed by atoms with Crippen LogP contribution in [0.1, 0.15) is 23.5 Å². The van der Waals surface area contributed by atoms with Crippen LogP contribution >= 0.6 is 11.3 Å². The Bertz CT molecular complexity index is 598. The average Bonchev–Trinajstić information content (AvgIpc) is 2.82. The molecule has 1 unspecified atom stereocenters. The molecule has 0 aliphatic heterocycles. The molecule has 0 saturated heterocycles. The molecule has 1 aromatic carbocycles. The predicted molar refractivity (Wildman–Crippen MR) is 72.2 cm³/mol. The van der Waals surface area contributed by atoms with Gasteiger partial charge in [-0.1, -0.05) is 23.8 Å². The zero-order valence-electron chi connectivity index (χ0n) is 10.2. The molecule has 0 aliphatic rings. The van der Waals surface area contributed by atoms with Crippen LogP contribution in [0.3, 0.4) is 0 Å². The van der Waals surface area contributed by atoms with Gasteiger partial charge in [-0.2, -0.15) is 8.42 Å². The maximum absolute atomic E-state index is 12.0. The first-order chi connectivity index (χ1) is 8.49. The molecule has 18 heavy (non-hydrogen) atoms. The Morgan fingerprint density at radius 3 is 2.39 bits per heavy atom. The summed E-state index contributed by atoms with van der Waals surface area (Å²) in [5.74, 6) is 0. The van der Waals surface area contributed by atoms with Crippen molar-refractivity contribution in [2.45, 2.75) is 24.8 Å². The van der Waals surface area contributed by atoms with E-state index in [-0.39, 0.29) is 4.90 Å². The second-order valence-electron chi connectivity index (χ2n) is 4.02. The minimum atomic E-state index is -3.70. The second-order valence-corrected chi connectivity index (χ2v) is 6.57. The minimum Gasteiger partial charge on any atom is -0.258 e. The van der Waals surface area contributed by atoms with Gasteiger partial charge in [0, 0.05) is 4.88 Å². The van der Waals surface area contributed by atoms with Crippen molar-refractivity contribution in [3.05, 3.63) is 52.2 Å². The molecule has 1 aromatic heterocycles. The van der Waals surface area contributed by atoms with Crippen molar-refractivity contribution in [2.24, 2.45) is 0 Å². The zero-order chi connectivity index (χ0) is 13.2. The summed E-state index contributed by atoms with van der Waals surface area (Å²) in [7, 11) is -3.70. The lowest BCUT2D eigenvalue weighted by Gasteiger charge is -2.11. The Morgan fingerprint density at radius 1 is 1.17 bits per heavy atom. The van der Waals surface area contributed by atoms with Crippen molar-refractivity contribution < 1.29 is 12.6 Å². The van der Waals surface area contributed by atoms with Gasteiger partial charge in [-0.25, -0.2) is 0 Å². The van der Waals surface area contributed by atoms with E-state index in [4.69, 9.17) is 4.18 Å². The molecule has 0 fully saturated rings. The summed E-state index contributed by atoms with van der Waals surface area (Å²) >= 11 is 1.48. The van der Waals surface area contributed by atoms with Gasteiger partial charge >= 0.3 is 0 Å². The van der Waals surface area contributed by atoms with E-state index in [1.165, 1.54) is 11.3 Å². The summed E-state index contributed by atoms with van der Waals surface area (Å²) in [4.78, 5) is 1.09. The third-order valence-corrected chi connectivity index (χ3v) is 4.95. The maximum Gasteiger partial charge on any atom is 0.297 e. The second kappa shape index (κ2) is 5.22. The Morgan fingerprint density at radius 2 is 1.83 bits per heavy atom. The van der Waals surface area contributed by atoms with E-state index in [1.807, 2.05) is 24.4 Å². The van der Waals surface area contributed by atoms with Crippen molar-refractivity contribution >= 4 is 21.5 Å². The topological polar surface area (TPSA) is 43.4 Å². The van der Waals surface area contributed by atoms with E-state index >= 15 is 0 Å². The molecular weight excluding hydrogens is 268 g/mol. The molecule has 2 rings (SSSR count). The van der Waals surface area contributed by atoms with Crippen LogP contribution < -0.4 is 0 Å². The minimum absolute atomic E-state index is 0.191. The molecule has 96 valence electrons. The van der Waals surface area contributed by atoms with Crippen LogP contribution in [-0.4, -0.2) is 8.42 Å². The van der Waals surface area contributed by atoms with E-state index in [0.29, 0.717) is 0 Å². The van der Waals surface area contributed by atoms with Gasteiger partial charge in [0.1, 0.15) is 6.10 Å². The van der Waals surface area contributed by atoms with E-state index in [0.717, 1.165) is 10.4 Å². The largest absolute Gasteiger partial charge is 0.297 e. The van der Waals surface area contributed by atoms with Crippen LogP contribution in [0.2, 0.25) is 0 Å². The van der Waals surface area contributed by atoms with Crippen molar-refractivity contribution in [3.63, 3.8) is 0 Å². The number of benzene rings is 1. The molecule has 0 radical (unpaired) electrons. The molecule has 2 aromatic rings. The van der Waals surface area contributed by atoms with E-state index in [9.17, 15) is 8.42 Å². The van der Waals surface area contributed by atoms with E-state index < -0.39 is 16.2 Å². The lowest BCUT2D eigenvalue weighted by molar-refractivity contribution is 0.238. The lowest BCUT2D eigenvalue weighted by Crippen LogP contribution is -2.09. The smallest absolute Gasteiger partial charge is 0.258 e. The first kappa shape index (κ1) is 13.3. The fourth-order valence-corrected chi connectivity index (χ4v) is 3.36. The molecule has 0 amide bonds. The van der Waals surface area contributed by atoms with Crippen molar-refractivity contribution in [2.75, 3.05) is 0 Å². The third kappa shape index (κ3) is 2.98. The fourth-order valence-electron chi connectivity index (χ4n) is 1.52. The lowest BCUT2D eigenvalue weighted by atomic mass is 10.2. The summed E-state index contributed by atoms with van der Waals surface area (Å²) in [6.45, 7) is 3.64. The first-order valence-corrected chi connectivity index (χ1v) is 7.81. The quantitative estimate of drug-likeness (QED) is 0.806. The van der Waals surface area contributed by atoms with Gasteiger partial charge in [0.15, 0.2) is 0 Å². The molecule has 0 spiro atoms. The van der Waals surface area contributed by atoms with Gasteiger partial charge in [0.2, 0.25) is 0 Å². The van der Waals surface area contributed by atoms with Crippen LogP contribution in [0.4, 0.5) is 0 Å². The third-order valence-electron chi connectivity index (χ3n) is 2.52. The highest BCUT2D eigenvalue weighted by Crippen LogP contribution is 2.26. The van der Waals surface area contributed by atoms with Crippen LogP contribution in [0, 0.1) is 6.92 Å². The van der Waals surface area contributed by atoms with Crippen LogP contribution in [0.15, 0.2) is 46.7 Å². The SMILES string of the molecule is Cc1ccc(S(=O)(=O)OC(C)c2cccs2)cc1. The monoisotopic (exact) mass is 282 g/mol. The Kier molecular flexibility index (Phi) is 3.85. The van der Waals surface area contributed by atoms with Gasteiger partial charge < -0.3 is 0 Å². The highest BCUT2D eigenvalue weighted by atomic mass is 32.2. The number of hydrogen-bond acceptors (Lipinski definition) is 4. The summed E-state index contributed by atoms with van der Waals surface area (Å²) in [6, 6.07) is 10.4. The van der Waals surface area contributed by atoms with Gasteiger partial charge in [-0.05, 0) is 37.4 Å². The summed E-state index contributed by atoms with van der Waals surface area (Å²) in [5, 5.41) is 1.90. The Hall–Kier alpha value is -1.17. The summed E-state index contributed by atoms with van der Waals surface area (Å²) in [5.41, 5.74) is 1.01. The highest BCUT2D eigenvalue weighted by molar-refractivity contribution is 7.86. The number of thiophene rings is 1. The van der Waals surface area contributed by atoms with Crippen LogP contribution in [0.25, 0.3) is 0 Å². The number of aryl methyl sites for hydroxylation is 1. The molecule has 5 heteroatoms. The van der Waals surface area contributed by atoms with Gasteiger partial charge in [0.25, 0.3) is 10.1 Å². The summed E-state index contributed by atoms with van der Waals surface area (Å²) in [6.07, 6.45) is -0.462. The van der Waals surface area contributed by atoms with Gasteiger partial charge in [-0.3, -0.25) is 4.18 Å². The Balaban J connectivity index is 2.20. The summed E-state index contributed by atoms with van der Waals surface area (Å²) < 4.78 is 29.3. The molecule has 1 atom stereocenters. The normalized spacial score (nSPS) is 13.4. The molecule has 0 saturated carbocycles. The molecule has 3 nitrogen and oxygen atoms in total. The first-order valence-electron chi connectivity index (χ1n) is 5.52. The molecular formula is C13H14O3S2. The average molecular weight is 282 g/mol. The van der Waals surface area contributed by atoms with Crippen molar-refractivity contribution in [1.82, 2.24) is 0 Å². The predicted octanol–water partition coefficient (Wildman–Crippen LogP) is 3.52. The molecule has 0 aliphatic carbocycles. The van der Waals surface area contributed by atoms with E-state index in [1.54, 1.807) is 31.2 Å². The highest BCUT2D eigenvalue weighted by Gasteiger charge is 2.20. The van der Waals surface area contributed by atoms with E-state index in [2.05, 4.69) is 0 Å². The van der Waals surface area contributed by atoms with Crippen molar-refractivity contribution in [1.29, 1.82) is 0 Å². The molecule has 0 N–H and O–H groups in total. The van der Waals surface area contributed by atoms with Crippen LogP contribution in [-0.2, 0) is 14.3 Å². The van der Waals surface area contributed by atoms with Gasteiger partial charge in [-0.15, -0.1) is 11.3 Å². The zero-order valence-corrected chi connectivity index (χ0v) is 11.8. The van der Waals surface area contributed by atoms with Crippen LogP contribution in [0.5, 0.6) is 0 Å². The van der Waals surface area contributed by atoms with Gasteiger partial charge in [0.05, 0.1) is 4.90 Å². The standard InChI is InChI=1S/C13H14O3S2/c1-10-5-7-12(8-6-10)18(14,15)16-11(2)13-4-3-9-17-13/h3-9,11H,1-2H3. The molecule has 1 heterocycles. The fraction of sp³-hybridized carbons (Fsp3) is 0.231. The number of hydrogen-bond donors (Lipinski definition) is 0. The maximum atomic E-state index is 12.0. The molecule has 0 bridgehead atoms. The number of rotatable bonds is 4. The van der Waals surface area contributed by atoms with Crippen molar-refractivity contribution in [3.8, 4) is 0 Å².